The number of carbonyl (C=O) groups is 2. The summed E-state index contributed by atoms with van der Waals surface area (Å²) in [6, 6.07) is 3.30. The molecule has 8 heteroatoms. The number of ether oxygens (including phenoxy) is 2. The Labute approximate surface area is 369 Å². The summed E-state index contributed by atoms with van der Waals surface area (Å²) in [5, 5.41) is 0. The summed E-state index contributed by atoms with van der Waals surface area (Å²) in [6.07, 6.45) is 53.9. The molecule has 0 unspecified atom stereocenters. The first-order valence-corrected chi connectivity index (χ1v) is 26.5. The second-order valence-electron chi connectivity index (χ2n) is 17.2. The second kappa shape index (κ2) is 40.6. The first kappa shape index (κ1) is 55.6. The third kappa shape index (κ3) is 33.2. The maximum atomic E-state index is 13.0. The Hall–Kier alpha value is -2.45. The van der Waals surface area contributed by atoms with E-state index in [-0.39, 0.29) is 24.3 Å². The predicted molar refractivity (Wildman–Crippen MR) is 253 cm³/mol. The molecule has 346 valence electrons. The van der Waals surface area contributed by atoms with E-state index >= 15 is 0 Å². The van der Waals surface area contributed by atoms with E-state index in [1.807, 2.05) is 0 Å². The highest BCUT2D eigenvalue weighted by molar-refractivity contribution is 7.85. The summed E-state index contributed by atoms with van der Waals surface area (Å²) >= 11 is 0. The largest absolute Gasteiger partial charge is 0.462 e. The number of allylic oxidation sites excluding steroid dienone is 4. The first-order valence-electron chi connectivity index (χ1n) is 25.1. The van der Waals surface area contributed by atoms with Gasteiger partial charge in [0.25, 0.3) is 10.1 Å². The molecular weight excluding hydrogens is 769 g/mol. The summed E-state index contributed by atoms with van der Waals surface area (Å²) in [4.78, 5) is 25.5. The van der Waals surface area contributed by atoms with Crippen LogP contribution in [0.25, 0.3) is 0 Å². The average molecular weight is 859 g/mol. The van der Waals surface area contributed by atoms with Gasteiger partial charge in [-0.2, -0.15) is 8.42 Å². The van der Waals surface area contributed by atoms with Gasteiger partial charge in [0.05, 0.1) is 29.2 Å². The standard InChI is InChI=1S/C52H90O7S/c1-3-5-7-9-11-13-15-17-19-21-23-25-27-29-31-33-35-37-39-41-45-58-51(53)49-44-43-48(60(55,56)57)47-50(49)52(54)59-46-42-40-38-36-34-32-30-28-26-24-22-20-18-16-14-12-10-8-6-4-2/h25-28,43-44,47H,3-24,29-42,45-46H2,1-2H3,(H,55,56,57)/b27-25+,28-26+. The van der Waals surface area contributed by atoms with Crippen LogP contribution in [0.2, 0.25) is 0 Å². The molecule has 1 rings (SSSR count). The first-order chi connectivity index (χ1) is 29.3. The minimum atomic E-state index is -4.57. The molecule has 0 spiro atoms. The molecule has 0 aromatic heterocycles. The maximum Gasteiger partial charge on any atom is 0.339 e. The van der Waals surface area contributed by atoms with Crippen LogP contribution in [-0.2, 0) is 19.6 Å². The minimum Gasteiger partial charge on any atom is -0.462 e. The number of carbonyl (C=O) groups excluding carboxylic acids is 2. The van der Waals surface area contributed by atoms with Crippen LogP contribution in [0.5, 0.6) is 0 Å². The van der Waals surface area contributed by atoms with Crippen molar-refractivity contribution in [1.82, 2.24) is 0 Å². The average Bonchev–Trinajstić information content (AvgIpc) is 3.24. The molecule has 0 fully saturated rings. The monoisotopic (exact) mass is 859 g/mol. The van der Waals surface area contributed by atoms with Gasteiger partial charge in [-0.25, -0.2) is 9.59 Å². The number of unbranched alkanes of at least 4 members (excludes halogenated alkanes) is 32. The van der Waals surface area contributed by atoms with Crippen molar-refractivity contribution in [3.8, 4) is 0 Å². The van der Waals surface area contributed by atoms with Crippen LogP contribution in [0.4, 0.5) is 0 Å². The van der Waals surface area contributed by atoms with Crippen molar-refractivity contribution in [1.29, 1.82) is 0 Å². The number of benzene rings is 1. The van der Waals surface area contributed by atoms with Gasteiger partial charge in [-0.1, -0.05) is 205 Å². The molecule has 0 aliphatic heterocycles. The highest BCUT2D eigenvalue weighted by Gasteiger charge is 2.23. The Bertz CT molecular complexity index is 1340. The van der Waals surface area contributed by atoms with Crippen molar-refractivity contribution < 1.29 is 32.0 Å². The Morgan fingerprint density at radius 1 is 0.433 bits per heavy atom. The van der Waals surface area contributed by atoms with Crippen LogP contribution in [0.1, 0.15) is 266 Å². The fourth-order valence-electron chi connectivity index (χ4n) is 7.63. The Morgan fingerprint density at radius 2 is 0.717 bits per heavy atom. The predicted octanol–water partition coefficient (Wildman–Crippen LogP) is 16.4. The lowest BCUT2D eigenvalue weighted by molar-refractivity contribution is 0.0450. The van der Waals surface area contributed by atoms with Gasteiger partial charge in [-0.05, 0) is 82.4 Å². The third-order valence-electron chi connectivity index (χ3n) is 11.5. The van der Waals surface area contributed by atoms with E-state index in [1.165, 1.54) is 173 Å². The van der Waals surface area contributed by atoms with Gasteiger partial charge in [0.15, 0.2) is 0 Å². The Morgan fingerprint density at radius 3 is 1.03 bits per heavy atom. The summed E-state index contributed by atoms with van der Waals surface area (Å²) in [6.45, 7) is 4.92. The van der Waals surface area contributed by atoms with Gasteiger partial charge in [-0.15, -0.1) is 0 Å². The topological polar surface area (TPSA) is 107 Å². The molecule has 0 aliphatic rings. The zero-order chi connectivity index (χ0) is 43.6. The number of esters is 2. The van der Waals surface area contributed by atoms with E-state index in [0.717, 1.165) is 63.5 Å². The summed E-state index contributed by atoms with van der Waals surface area (Å²) < 4.78 is 44.1. The van der Waals surface area contributed by atoms with E-state index in [0.29, 0.717) is 12.8 Å². The van der Waals surface area contributed by atoms with Gasteiger partial charge < -0.3 is 9.47 Å². The molecule has 0 saturated heterocycles. The quantitative estimate of drug-likeness (QED) is 0.0302. The molecule has 0 saturated carbocycles. The van der Waals surface area contributed by atoms with E-state index < -0.39 is 27.0 Å². The maximum absolute atomic E-state index is 13.0. The van der Waals surface area contributed by atoms with E-state index in [9.17, 15) is 22.6 Å². The van der Waals surface area contributed by atoms with Crippen LogP contribution >= 0.6 is 0 Å². The molecule has 0 amide bonds. The summed E-state index contributed by atoms with van der Waals surface area (Å²) in [5.74, 6) is -1.51. The molecule has 0 bridgehead atoms. The summed E-state index contributed by atoms with van der Waals surface area (Å²) in [7, 11) is -4.57. The molecule has 1 aromatic carbocycles. The molecule has 1 N–H and O–H groups in total. The van der Waals surface area contributed by atoms with Crippen molar-refractivity contribution in [3.63, 3.8) is 0 Å². The fraction of sp³-hybridized carbons (Fsp3) is 0.769. The minimum absolute atomic E-state index is 0.0637. The van der Waals surface area contributed by atoms with Gasteiger partial charge >= 0.3 is 11.9 Å². The lowest BCUT2D eigenvalue weighted by Gasteiger charge is -2.11. The van der Waals surface area contributed by atoms with Crippen molar-refractivity contribution in [2.45, 2.75) is 250 Å². The second-order valence-corrected chi connectivity index (χ2v) is 18.6. The summed E-state index contributed by atoms with van der Waals surface area (Å²) in [5.41, 5.74) is -0.278. The molecule has 0 atom stereocenters. The number of hydrogen-bond acceptors (Lipinski definition) is 6. The highest BCUT2D eigenvalue weighted by atomic mass is 32.2. The van der Waals surface area contributed by atoms with Gasteiger partial charge in [-0.3, -0.25) is 4.55 Å². The van der Waals surface area contributed by atoms with Crippen LogP contribution < -0.4 is 0 Å². The number of hydrogen-bond donors (Lipinski definition) is 1. The van der Waals surface area contributed by atoms with Crippen molar-refractivity contribution in [3.05, 3.63) is 53.6 Å². The van der Waals surface area contributed by atoms with Crippen LogP contribution in [-0.4, -0.2) is 38.1 Å². The molecular formula is C52H90O7S. The zero-order valence-electron chi connectivity index (χ0n) is 38.7. The molecule has 7 nitrogen and oxygen atoms in total. The van der Waals surface area contributed by atoms with Crippen LogP contribution in [0.15, 0.2) is 47.4 Å². The SMILES string of the molecule is CCCCCCCCCCCC/C=C/CCCCCCCCOC(=O)c1ccc(S(=O)(=O)O)cc1C(=O)OCCCCCCCC/C=C/CCCCCCCCCCCC. The molecule has 1 aromatic rings. The van der Waals surface area contributed by atoms with E-state index in [2.05, 4.69) is 38.2 Å². The Kier molecular flexibility index (Phi) is 37.6. The van der Waals surface area contributed by atoms with Crippen molar-refractivity contribution in [2.24, 2.45) is 0 Å². The molecule has 0 heterocycles. The van der Waals surface area contributed by atoms with Crippen molar-refractivity contribution in [2.75, 3.05) is 13.2 Å². The van der Waals surface area contributed by atoms with E-state index in [1.54, 1.807) is 0 Å². The third-order valence-corrected chi connectivity index (χ3v) is 12.4. The lowest BCUT2D eigenvalue weighted by Crippen LogP contribution is -2.16. The van der Waals surface area contributed by atoms with Gasteiger partial charge in [0.1, 0.15) is 0 Å². The van der Waals surface area contributed by atoms with Crippen LogP contribution in [0.3, 0.4) is 0 Å². The highest BCUT2D eigenvalue weighted by Crippen LogP contribution is 2.20. The lowest BCUT2D eigenvalue weighted by atomic mass is 10.1. The molecule has 0 aliphatic carbocycles. The van der Waals surface area contributed by atoms with E-state index in [4.69, 9.17) is 9.47 Å². The number of rotatable bonds is 43. The normalized spacial score (nSPS) is 11.9. The molecule has 60 heavy (non-hydrogen) atoms. The van der Waals surface area contributed by atoms with Gasteiger partial charge in [0, 0.05) is 0 Å². The van der Waals surface area contributed by atoms with Crippen LogP contribution in [0, 0.1) is 0 Å². The zero-order valence-corrected chi connectivity index (χ0v) is 39.5. The smallest absolute Gasteiger partial charge is 0.339 e. The van der Waals surface area contributed by atoms with Crippen molar-refractivity contribution >= 4 is 22.1 Å². The fourth-order valence-corrected chi connectivity index (χ4v) is 8.14. The molecule has 0 radical (unpaired) electrons. The Balaban J connectivity index is 2.16. The van der Waals surface area contributed by atoms with Gasteiger partial charge in [0.2, 0.25) is 0 Å².